The van der Waals surface area contributed by atoms with Gasteiger partial charge in [0.25, 0.3) is 0 Å². The molecule has 0 saturated carbocycles. The molecule has 0 aliphatic carbocycles. The smallest absolute Gasteiger partial charge is 0.0701 e. The van der Waals surface area contributed by atoms with E-state index in [1.54, 1.807) is 7.11 Å². The highest BCUT2D eigenvalue weighted by Crippen LogP contribution is 2.17. The second-order valence-electron chi connectivity index (χ2n) is 4.53. The predicted octanol–water partition coefficient (Wildman–Crippen LogP) is 2.10. The van der Waals surface area contributed by atoms with Crippen LogP contribution in [0.3, 0.4) is 0 Å². The second-order valence-corrected chi connectivity index (χ2v) is 4.53. The molecule has 14 heavy (non-hydrogen) atoms. The number of rotatable bonds is 8. The Bertz CT molecular complexity index is 118. The van der Waals surface area contributed by atoms with Crippen molar-refractivity contribution in [3.63, 3.8) is 0 Å². The van der Waals surface area contributed by atoms with Gasteiger partial charge in [0, 0.05) is 13.7 Å². The average molecular weight is 204 g/mol. The van der Waals surface area contributed by atoms with Crippen LogP contribution in [0.2, 0.25) is 0 Å². The molecule has 0 rings (SSSR count). The number of hydrogen-bond donors (Lipinski definition) is 0. The Labute approximate surface area is 87.7 Å². The first-order valence-corrected chi connectivity index (χ1v) is 5.21. The van der Waals surface area contributed by atoms with E-state index in [0.29, 0.717) is 31.8 Å². The molecule has 0 bridgehead atoms. The van der Waals surface area contributed by atoms with Gasteiger partial charge in [-0.2, -0.15) is 0 Å². The van der Waals surface area contributed by atoms with Gasteiger partial charge in [0.05, 0.1) is 26.4 Å². The number of hydrogen-bond acceptors (Lipinski definition) is 3. The Morgan fingerprint density at radius 2 is 1.29 bits per heavy atom. The fourth-order valence-electron chi connectivity index (χ4n) is 0.843. The van der Waals surface area contributed by atoms with Crippen molar-refractivity contribution in [1.82, 2.24) is 0 Å². The Hall–Kier alpha value is -0.120. The van der Waals surface area contributed by atoms with E-state index in [4.69, 9.17) is 14.2 Å². The molecule has 0 N–H and O–H groups in total. The third kappa shape index (κ3) is 11.9. The summed E-state index contributed by atoms with van der Waals surface area (Å²) >= 11 is 0. The van der Waals surface area contributed by atoms with E-state index in [0.717, 1.165) is 13.0 Å². The fourth-order valence-corrected chi connectivity index (χ4v) is 0.843. The van der Waals surface area contributed by atoms with Crippen LogP contribution in [0.1, 0.15) is 27.2 Å². The third-order valence-electron chi connectivity index (χ3n) is 1.80. The SMILES string of the molecule is COCCOCCOCCC(C)(C)C. The molecule has 0 amide bonds. The standard InChI is InChI=1S/C11H24O3/c1-11(2,3)5-6-13-9-10-14-8-7-12-4/h5-10H2,1-4H3. The molecule has 0 aliphatic rings. The van der Waals surface area contributed by atoms with Crippen molar-refractivity contribution < 1.29 is 14.2 Å². The fraction of sp³-hybridized carbons (Fsp3) is 1.00. The highest BCUT2D eigenvalue weighted by molar-refractivity contribution is 4.59. The van der Waals surface area contributed by atoms with E-state index in [1.807, 2.05) is 0 Å². The summed E-state index contributed by atoms with van der Waals surface area (Å²) in [6, 6.07) is 0. The van der Waals surface area contributed by atoms with Gasteiger partial charge in [-0.05, 0) is 11.8 Å². The first-order chi connectivity index (χ1) is 6.56. The van der Waals surface area contributed by atoms with Crippen molar-refractivity contribution in [2.45, 2.75) is 27.2 Å². The third-order valence-corrected chi connectivity index (χ3v) is 1.80. The maximum Gasteiger partial charge on any atom is 0.0701 e. The van der Waals surface area contributed by atoms with Crippen LogP contribution >= 0.6 is 0 Å². The lowest BCUT2D eigenvalue weighted by Gasteiger charge is -2.17. The molecule has 0 fully saturated rings. The van der Waals surface area contributed by atoms with Gasteiger partial charge in [-0.15, -0.1) is 0 Å². The molecular formula is C11H24O3. The minimum Gasteiger partial charge on any atom is -0.382 e. The van der Waals surface area contributed by atoms with Crippen LogP contribution in [-0.4, -0.2) is 40.1 Å². The summed E-state index contributed by atoms with van der Waals surface area (Å²) in [7, 11) is 1.67. The summed E-state index contributed by atoms with van der Waals surface area (Å²) in [5.41, 5.74) is 0.358. The monoisotopic (exact) mass is 204 g/mol. The molecule has 0 radical (unpaired) electrons. The maximum absolute atomic E-state index is 5.42. The van der Waals surface area contributed by atoms with Gasteiger partial charge in [-0.3, -0.25) is 0 Å². The minimum absolute atomic E-state index is 0.358. The normalized spacial score (nSPS) is 12.0. The average Bonchev–Trinajstić information content (AvgIpc) is 2.08. The molecule has 0 aliphatic heterocycles. The lowest BCUT2D eigenvalue weighted by atomic mass is 9.93. The zero-order valence-electron chi connectivity index (χ0n) is 9.97. The summed E-state index contributed by atoms with van der Waals surface area (Å²) in [6.07, 6.45) is 1.09. The molecular weight excluding hydrogens is 180 g/mol. The molecule has 0 saturated heterocycles. The molecule has 0 heterocycles. The zero-order valence-corrected chi connectivity index (χ0v) is 9.97. The molecule has 0 spiro atoms. The van der Waals surface area contributed by atoms with Crippen molar-refractivity contribution in [3.05, 3.63) is 0 Å². The molecule has 0 aromatic rings. The van der Waals surface area contributed by atoms with Gasteiger partial charge in [0.2, 0.25) is 0 Å². The van der Waals surface area contributed by atoms with Crippen molar-refractivity contribution in [2.24, 2.45) is 5.41 Å². The second kappa shape index (κ2) is 8.21. The summed E-state index contributed by atoms with van der Waals surface area (Å²) in [5.74, 6) is 0. The number of methoxy groups -OCH3 is 1. The summed E-state index contributed by atoms with van der Waals surface area (Å²) < 4.78 is 15.5. The van der Waals surface area contributed by atoms with E-state index in [1.165, 1.54) is 0 Å². The van der Waals surface area contributed by atoms with Crippen molar-refractivity contribution in [2.75, 3.05) is 40.1 Å². The Morgan fingerprint density at radius 3 is 1.79 bits per heavy atom. The van der Waals surface area contributed by atoms with Crippen LogP contribution in [0.5, 0.6) is 0 Å². The summed E-state index contributed by atoms with van der Waals surface area (Å²) in [5, 5.41) is 0. The maximum atomic E-state index is 5.42. The van der Waals surface area contributed by atoms with Crippen LogP contribution in [0, 0.1) is 5.41 Å². The van der Waals surface area contributed by atoms with Gasteiger partial charge < -0.3 is 14.2 Å². The van der Waals surface area contributed by atoms with Gasteiger partial charge in [0.1, 0.15) is 0 Å². The molecule has 0 aromatic heterocycles. The van der Waals surface area contributed by atoms with Gasteiger partial charge >= 0.3 is 0 Å². The highest BCUT2D eigenvalue weighted by atomic mass is 16.5. The van der Waals surface area contributed by atoms with Crippen LogP contribution < -0.4 is 0 Å². The van der Waals surface area contributed by atoms with Crippen molar-refractivity contribution >= 4 is 0 Å². The minimum atomic E-state index is 0.358. The molecule has 0 atom stereocenters. The quantitative estimate of drug-likeness (QED) is 0.567. The summed E-state index contributed by atoms with van der Waals surface area (Å²) in [6.45, 7) is 10.1. The lowest BCUT2D eigenvalue weighted by molar-refractivity contribution is 0.0194. The summed E-state index contributed by atoms with van der Waals surface area (Å²) in [4.78, 5) is 0. The topological polar surface area (TPSA) is 27.7 Å². The molecule has 3 nitrogen and oxygen atoms in total. The molecule has 0 aromatic carbocycles. The highest BCUT2D eigenvalue weighted by Gasteiger charge is 2.08. The van der Waals surface area contributed by atoms with E-state index >= 15 is 0 Å². The van der Waals surface area contributed by atoms with Gasteiger partial charge in [0.15, 0.2) is 0 Å². The van der Waals surface area contributed by atoms with E-state index < -0.39 is 0 Å². The molecule has 3 heteroatoms. The van der Waals surface area contributed by atoms with E-state index in [-0.39, 0.29) is 0 Å². The van der Waals surface area contributed by atoms with Crippen molar-refractivity contribution in [1.29, 1.82) is 0 Å². The first-order valence-electron chi connectivity index (χ1n) is 5.21. The Morgan fingerprint density at radius 1 is 0.786 bits per heavy atom. The van der Waals surface area contributed by atoms with Crippen molar-refractivity contribution in [3.8, 4) is 0 Å². The number of ether oxygens (including phenoxy) is 3. The molecule has 0 unspecified atom stereocenters. The molecule has 86 valence electrons. The van der Waals surface area contributed by atoms with Crippen LogP contribution in [0.25, 0.3) is 0 Å². The predicted molar refractivity (Wildman–Crippen MR) is 57.6 cm³/mol. The van der Waals surface area contributed by atoms with E-state index in [2.05, 4.69) is 20.8 Å². The van der Waals surface area contributed by atoms with Crippen LogP contribution in [-0.2, 0) is 14.2 Å². The zero-order chi connectivity index (χ0) is 10.9. The van der Waals surface area contributed by atoms with Gasteiger partial charge in [-0.25, -0.2) is 0 Å². The van der Waals surface area contributed by atoms with Crippen LogP contribution in [0.4, 0.5) is 0 Å². The Kier molecular flexibility index (Phi) is 8.14. The first kappa shape index (κ1) is 13.9. The largest absolute Gasteiger partial charge is 0.382 e. The van der Waals surface area contributed by atoms with E-state index in [9.17, 15) is 0 Å². The van der Waals surface area contributed by atoms with Crippen LogP contribution in [0.15, 0.2) is 0 Å². The Balaban J connectivity index is 2.99. The van der Waals surface area contributed by atoms with Gasteiger partial charge in [-0.1, -0.05) is 20.8 Å². The lowest BCUT2D eigenvalue weighted by Crippen LogP contribution is -2.13.